The van der Waals surface area contributed by atoms with Gasteiger partial charge in [-0.3, -0.25) is 24.3 Å². The van der Waals surface area contributed by atoms with Gasteiger partial charge in [-0.25, -0.2) is 14.1 Å². The first-order valence-electron chi connectivity index (χ1n) is 10.7. The van der Waals surface area contributed by atoms with Crippen molar-refractivity contribution in [2.24, 2.45) is 10.9 Å². The zero-order chi connectivity index (χ0) is 28.6. The molecule has 3 amide bonds. The molecule has 3 heterocycles. The zero-order valence-electron chi connectivity index (χ0n) is 19.9. The summed E-state index contributed by atoms with van der Waals surface area (Å²) in [4.78, 5) is 59.8. The maximum atomic E-state index is 13.1. The number of carboxylic acids is 1. The number of aromatic nitrogens is 1. The average molecular weight is 576 g/mol. The van der Waals surface area contributed by atoms with E-state index in [-0.39, 0.29) is 28.1 Å². The second-order valence-corrected chi connectivity index (χ2v) is 10.9. The minimum Gasteiger partial charge on any atom is -0.478 e. The van der Waals surface area contributed by atoms with E-state index in [0.717, 1.165) is 11.3 Å². The van der Waals surface area contributed by atoms with Gasteiger partial charge >= 0.3 is 16.3 Å². The standard InChI is InChI=1S/C18H25N9O9S2/c1-18(2,15(31)32)36-25-10(8-6-37-17(21)23-8)12(28)24-11-9(27(14(11)30)38(33,34)35)5-26-4-3-7(13(26)29)22-16(19)20/h6-7,9,11H,3-5H2,1-2H3,(H2,21,23)(H,24,28)(H,31,32)(H4,19,20,22)(H,33,34,35)/b25-10-. The van der Waals surface area contributed by atoms with Crippen molar-refractivity contribution in [2.45, 2.75) is 44.0 Å². The Morgan fingerprint density at radius 3 is 2.53 bits per heavy atom. The first-order chi connectivity index (χ1) is 17.5. The van der Waals surface area contributed by atoms with Crippen molar-refractivity contribution in [3.63, 3.8) is 0 Å². The molecule has 1 aromatic rings. The van der Waals surface area contributed by atoms with Crippen molar-refractivity contribution in [2.75, 3.05) is 18.8 Å². The lowest BCUT2D eigenvalue weighted by atomic mass is 9.97. The second kappa shape index (κ2) is 10.4. The molecule has 0 radical (unpaired) electrons. The first-order valence-corrected chi connectivity index (χ1v) is 13.0. The van der Waals surface area contributed by atoms with Crippen LogP contribution in [-0.4, -0.2) is 104 Å². The van der Waals surface area contributed by atoms with Crippen LogP contribution in [0.25, 0.3) is 0 Å². The van der Waals surface area contributed by atoms with Gasteiger partial charge in [0.05, 0.1) is 6.04 Å². The van der Waals surface area contributed by atoms with E-state index in [1.807, 2.05) is 0 Å². The van der Waals surface area contributed by atoms with E-state index in [4.69, 9.17) is 21.7 Å². The molecule has 9 N–H and O–H groups in total. The lowest BCUT2D eigenvalue weighted by molar-refractivity contribution is -0.161. The number of carbonyl (C=O) groups excluding carboxylic acids is 3. The Bertz CT molecular complexity index is 1310. The summed E-state index contributed by atoms with van der Waals surface area (Å²) in [6.45, 7) is 2.04. The van der Waals surface area contributed by atoms with Crippen LogP contribution in [-0.2, 0) is 34.3 Å². The number of hydrogen-bond acceptors (Lipinski definition) is 12. The number of amides is 3. The van der Waals surface area contributed by atoms with E-state index < -0.39 is 75.9 Å². The Morgan fingerprint density at radius 2 is 2.00 bits per heavy atom. The third-order valence-electron chi connectivity index (χ3n) is 5.60. The van der Waals surface area contributed by atoms with Crippen LogP contribution in [0.4, 0.5) is 5.13 Å². The summed E-state index contributed by atoms with van der Waals surface area (Å²) in [5.41, 5.74) is 8.33. The van der Waals surface area contributed by atoms with E-state index in [2.05, 4.69) is 20.8 Å². The molecule has 3 atom stereocenters. The van der Waals surface area contributed by atoms with E-state index in [1.54, 1.807) is 0 Å². The zero-order valence-corrected chi connectivity index (χ0v) is 21.6. The minimum absolute atomic E-state index is 0.0365. The molecule has 2 aliphatic rings. The number of nitrogens with one attached hydrogen (secondary N) is 3. The van der Waals surface area contributed by atoms with E-state index in [9.17, 15) is 37.3 Å². The highest BCUT2D eigenvalue weighted by Crippen LogP contribution is 2.27. The molecule has 18 nitrogen and oxygen atoms in total. The molecule has 20 heteroatoms. The van der Waals surface area contributed by atoms with Gasteiger partial charge in [0.1, 0.15) is 17.8 Å². The van der Waals surface area contributed by atoms with Crippen molar-refractivity contribution in [1.29, 1.82) is 5.41 Å². The Hall–Kier alpha value is -4.04. The maximum Gasteiger partial charge on any atom is 0.362 e. The molecule has 0 spiro atoms. The van der Waals surface area contributed by atoms with Crippen LogP contribution >= 0.6 is 11.3 Å². The molecule has 0 aliphatic carbocycles. The maximum absolute atomic E-state index is 13.1. The molecule has 1 aromatic heterocycles. The minimum atomic E-state index is -5.06. The van der Waals surface area contributed by atoms with Crippen molar-refractivity contribution in [3.05, 3.63) is 11.1 Å². The molecular weight excluding hydrogens is 550 g/mol. The van der Waals surface area contributed by atoms with Gasteiger partial charge in [0, 0.05) is 18.5 Å². The second-order valence-electron chi connectivity index (χ2n) is 8.73. The summed E-state index contributed by atoms with van der Waals surface area (Å²) < 4.78 is 33.3. The molecule has 2 fully saturated rings. The summed E-state index contributed by atoms with van der Waals surface area (Å²) in [7, 11) is -5.06. The largest absolute Gasteiger partial charge is 0.478 e. The SMILES string of the molecule is CC(C)(O/N=C(\C(=O)NC1C(=O)N(S(=O)(=O)O)C1CN1CCC(NC(=N)N)C1=O)c1csc(N)n1)C(=O)O. The van der Waals surface area contributed by atoms with Crippen molar-refractivity contribution >= 4 is 62.1 Å². The molecule has 3 unspecified atom stereocenters. The number of aliphatic carboxylic acids is 1. The van der Waals surface area contributed by atoms with Crippen LogP contribution in [0.5, 0.6) is 0 Å². The van der Waals surface area contributed by atoms with Gasteiger partial charge in [0.15, 0.2) is 16.8 Å². The summed E-state index contributed by atoms with van der Waals surface area (Å²) in [5, 5.41) is 26.2. The molecule has 0 saturated carbocycles. The molecule has 208 valence electrons. The Labute approximate surface area is 219 Å². The van der Waals surface area contributed by atoms with Crippen molar-refractivity contribution < 1.29 is 42.1 Å². The number of rotatable bonds is 10. The Morgan fingerprint density at radius 1 is 1.34 bits per heavy atom. The number of β-lactam (4-membered cyclic amide) rings is 1. The number of carboxylic acid groups (broad SMARTS) is 1. The monoisotopic (exact) mass is 575 g/mol. The fourth-order valence-electron chi connectivity index (χ4n) is 3.62. The van der Waals surface area contributed by atoms with Gasteiger partial charge in [-0.2, -0.15) is 8.42 Å². The van der Waals surface area contributed by atoms with Gasteiger partial charge in [-0.1, -0.05) is 5.16 Å². The van der Waals surface area contributed by atoms with Crippen molar-refractivity contribution in [1.82, 2.24) is 24.8 Å². The van der Waals surface area contributed by atoms with Gasteiger partial charge in [0.2, 0.25) is 11.5 Å². The summed E-state index contributed by atoms with van der Waals surface area (Å²) in [6.07, 6.45) is 0.223. The number of hydrogen-bond donors (Lipinski definition) is 7. The fraction of sp³-hybridized carbons (Fsp3) is 0.500. The van der Waals surface area contributed by atoms with Gasteiger partial charge in [0.25, 0.3) is 11.8 Å². The predicted octanol–water partition coefficient (Wildman–Crippen LogP) is -3.11. The van der Waals surface area contributed by atoms with Crippen molar-refractivity contribution in [3.8, 4) is 0 Å². The highest BCUT2D eigenvalue weighted by atomic mass is 32.2. The lowest BCUT2D eigenvalue weighted by Crippen LogP contribution is -2.74. The smallest absolute Gasteiger partial charge is 0.362 e. The topological polar surface area (TPSA) is 284 Å². The van der Waals surface area contributed by atoms with Gasteiger partial charge in [-0.15, -0.1) is 11.3 Å². The number of anilines is 1. The number of thiazole rings is 1. The molecule has 2 saturated heterocycles. The van der Waals surface area contributed by atoms with E-state index in [1.165, 1.54) is 24.1 Å². The number of oxime groups is 1. The van der Waals surface area contributed by atoms with E-state index >= 15 is 0 Å². The number of guanidine groups is 1. The van der Waals surface area contributed by atoms with Crippen LogP contribution in [0.1, 0.15) is 26.0 Å². The summed E-state index contributed by atoms with van der Waals surface area (Å²) in [5.74, 6) is -4.68. The predicted molar refractivity (Wildman–Crippen MR) is 130 cm³/mol. The molecular formula is C18H25N9O9S2. The van der Waals surface area contributed by atoms with Crippen LogP contribution in [0, 0.1) is 5.41 Å². The molecule has 38 heavy (non-hydrogen) atoms. The average Bonchev–Trinajstić information content (AvgIpc) is 3.36. The highest BCUT2D eigenvalue weighted by molar-refractivity contribution is 7.84. The highest BCUT2D eigenvalue weighted by Gasteiger charge is 2.55. The van der Waals surface area contributed by atoms with Crippen LogP contribution in [0.15, 0.2) is 10.5 Å². The number of carbonyl (C=O) groups is 4. The number of nitrogen functional groups attached to an aromatic ring is 1. The number of nitrogens with zero attached hydrogens (tertiary/aromatic N) is 4. The van der Waals surface area contributed by atoms with E-state index in [0.29, 0.717) is 0 Å². The van der Waals surface area contributed by atoms with Gasteiger partial charge < -0.3 is 36.9 Å². The number of likely N-dealkylation sites (tertiary alicyclic amines) is 1. The quantitative estimate of drug-likeness (QED) is 0.0479. The van der Waals surface area contributed by atoms with Gasteiger partial charge in [-0.05, 0) is 20.3 Å². The molecule has 2 aliphatic heterocycles. The fourth-order valence-corrected chi connectivity index (χ4v) is 5.04. The van der Waals surface area contributed by atoms with Crippen LogP contribution in [0.3, 0.4) is 0 Å². The third-order valence-corrected chi connectivity index (χ3v) is 7.22. The Kier molecular flexibility index (Phi) is 7.79. The number of nitrogens with two attached hydrogens (primary N) is 2. The normalized spacial score (nSPS) is 22.2. The van der Waals surface area contributed by atoms with Crippen LogP contribution < -0.4 is 22.1 Å². The van der Waals surface area contributed by atoms with Crippen LogP contribution in [0.2, 0.25) is 0 Å². The third kappa shape index (κ3) is 5.92. The summed E-state index contributed by atoms with van der Waals surface area (Å²) in [6, 6.07) is -3.79. The molecule has 0 aromatic carbocycles. The molecule has 0 bridgehead atoms. The lowest BCUT2D eigenvalue weighted by Gasteiger charge is -2.45. The first kappa shape index (κ1) is 28.5. The summed E-state index contributed by atoms with van der Waals surface area (Å²) >= 11 is 0.931. The Balaban J connectivity index is 1.85. The molecule has 3 rings (SSSR count).